The summed E-state index contributed by atoms with van der Waals surface area (Å²) in [5, 5.41) is 9.14. The van der Waals surface area contributed by atoms with Gasteiger partial charge in [0.2, 0.25) is 0 Å². The number of hydrogen-bond donors (Lipinski definition) is 2. The molecule has 0 bridgehead atoms. The molecule has 0 radical (unpaired) electrons. The van der Waals surface area contributed by atoms with Gasteiger partial charge < -0.3 is 10.5 Å². The third-order valence-electron chi connectivity index (χ3n) is 1.68. The van der Waals surface area contributed by atoms with Gasteiger partial charge in [0.1, 0.15) is 0 Å². The first-order valence-electron chi connectivity index (χ1n) is 3.77. The molecule has 1 aromatic heterocycles. The summed E-state index contributed by atoms with van der Waals surface area (Å²) in [6.07, 6.45) is 3.47. The third kappa shape index (κ3) is 2.27. The Labute approximate surface area is 66.6 Å². The van der Waals surface area contributed by atoms with Crippen molar-refractivity contribution in [2.75, 3.05) is 5.43 Å². The lowest BCUT2D eigenvalue weighted by molar-refractivity contribution is 0.172. The predicted octanol–water partition coefficient (Wildman–Crippen LogP) is 0.801. The SMILES string of the molecule is CC(O)C(C)Nn1cccc1. The molecular weight excluding hydrogens is 140 g/mol. The van der Waals surface area contributed by atoms with Crippen LogP contribution in [0.4, 0.5) is 0 Å². The molecule has 1 heterocycles. The maximum atomic E-state index is 9.14. The Morgan fingerprint density at radius 3 is 2.27 bits per heavy atom. The molecule has 0 aliphatic heterocycles. The van der Waals surface area contributed by atoms with E-state index in [1.54, 1.807) is 6.92 Å². The van der Waals surface area contributed by atoms with Gasteiger partial charge in [-0.2, -0.15) is 0 Å². The Balaban J connectivity index is 2.43. The van der Waals surface area contributed by atoms with Crippen LogP contribution < -0.4 is 5.43 Å². The summed E-state index contributed by atoms with van der Waals surface area (Å²) >= 11 is 0. The molecule has 0 aliphatic carbocycles. The topological polar surface area (TPSA) is 37.2 Å². The quantitative estimate of drug-likeness (QED) is 0.675. The number of aliphatic hydroxyl groups excluding tert-OH is 1. The fourth-order valence-corrected chi connectivity index (χ4v) is 0.764. The molecule has 0 aliphatic rings. The minimum atomic E-state index is -0.336. The predicted molar refractivity (Wildman–Crippen MR) is 44.9 cm³/mol. The van der Waals surface area contributed by atoms with E-state index in [1.165, 1.54) is 0 Å². The van der Waals surface area contributed by atoms with Gasteiger partial charge in [-0.3, -0.25) is 4.68 Å². The molecule has 11 heavy (non-hydrogen) atoms. The Hall–Kier alpha value is -0.960. The Kier molecular flexibility index (Phi) is 2.54. The van der Waals surface area contributed by atoms with E-state index in [-0.39, 0.29) is 12.1 Å². The molecule has 0 saturated heterocycles. The van der Waals surface area contributed by atoms with E-state index in [4.69, 9.17) is 5.11 Å². The summed E-state index contributed by atoms with van der Waals surface area (Å²) < 4.78 is 1.83. The van der Waals surface area contributed by atoms with Crippen LogP contribution in [0.15, 0.2) is 24.5 Å². The van der Waals surface area contributed by atoms with Crippen molar-refractivity contribution in [1.82, 2.24) is 4.68 Å². The van der Waals surface area contributed by atoms with E-state index in [0.29, 0.717) is 0 Å². The molecule has 3 nitrogen and oxygen atoms in total. The molecule has 2 atom stereocenters. The maximum Gasteiger partial charge on any atom is 0.0726 e. The summed E-state index contributed by atoms with van der Waals surface area (Å²) in [7, 11) is 0. The number of nitrogens with one attached hydrogen (secondary N) is 1. The molecule has 1 aromatic rings. The summed E-state index contributed by atoms with van der Waals surface area (Å²) in [5.74, 6) is 0. The van der Waals surface area contributed by atoms with Crippen molar-refractivity contribution in [3.05, 3.63) is 24.5 Å². The van der Waals surface area contributed by atoms with Crippen LogP contribution in [0.2, 0.25) is 0 Å². The second-order valence-corrected chi connectivity index (χ2v) is 2.75. The highest BCUT2D eigenvalue weighted by Crippen LogP contribution is 1.94. The Morgan fingerprint density at radius 2 is 1.82 bits per heavy atom. The van der Waals surface area contributed by atoms with Crippen molar-refractivity contribution in [1.29, 1.82) is 0 Å². The zero-order valence-electron chi connectivity index (χ0n) is 6.86. The highest BCUT2D eigenvalue weighted by Gasteiger charge is 2.06. The van der Waals surface area contributed by atoms with Crippen LogP contribution in [0.1, 0.15) is 13.8 Å². The van der Waals surface area contributed by atoms with Gasteiger partial charge in [0.25, 0.3) is 0 Å². The second kappa shape index (κ2) is 3.44. The van der Waals surface area contributed by atoms with Gasteiger partial charge in [0.15, 0.2) is 0 Å². The smallest absolute Gasteiger partial charge is 0.0726 e. The molecule has 0 saturated carbocycles. The van der Waals surface area contributed by atoms with Gasteiger partial charge in [-0.25, -0.2) is 0 Å². The number of hydrogen-bond acceptors (Lipinski definition) is 2. The third-order valence-corrected chi connectivity index (χ3v) is 1.68. The minimum Gasteiger partial charge on any atom is -0.391 e. The summed E-state index contributed by atoms with van der Waals surface area (Å²) in [4.78, 5) is 0. The zero-order valence-corrected chi connectivity index (χ0v) is 6.86. The van der Waals surface area contributed by atoms with E-state index < -0.39 is 0 Å². The van der Waals surface area contributed by atoms with Crippen molar-refractivity contribution in [3.63, 3.8) is 0 Å². The summed E-state index contributed by atoms with van der Waals surface area (Å²) in [5.41, 5.74) is 3.09. The van der Waals surface area contributed by atoms with E-state index in [2.05, 4.69) is 5.43 Å². The van der Waals surface area contributed by atoms with Crippen molar-refractivity contribution < 1.29 is 5.11 Å². The molecule has 3 heteroatoms. The van der Waals surface area contributed by atoms with Crippen molar-refractivity contribution in [2.45, 2.75) is 26.0 Å². The Bertz CT molecular complexity index is 194. The number of aliphatic hydroxyl groups is 1. The van der Waals surface area contributed by atoms with E-state index in [0.717, 1.165) is 0 Å². The van der Waals surface area contributed by atoms with E-state index in [1.807, 2.05) is 36.1 Å². The fourth-order valence-electron chi connectivity index (χ4n) is 0.764. The summed E-state index contributed by atoms with van der Waals surface area (Å²) in [6, 6.07) is 3.94. The van der Waals surface area contributed by atoms with Gasteiger partial charge in [-0.15, -0.1) is 0 Å². The molecule has 62 valence electrons. The molecule has 1 rings (SSSR count). The molecule has 2 unspecified atom stereocenters. The lowest BCUT2D eigenvalue weighted by Gasteiger charge is -2.18. The average molecular weight is 154 g/mol. The number of rotatable bonds is 3. The number of nitrogens with zero attached hydrogens (tertiary/aromatic N) is 1. The molecule has 0 spiro atoms. The fraction of sp³-hybridized carbons (Fsp3) is 0.500. The maximum absolute atomic E-state index is 9.14. The minimum absolute atomic E-state index is 0.0717. The van der Waals surface area contributed by atoms with Crippen LogP contribution in [0.3, 0.4) is 0 Å². The first-order chi connectivity index (χ1) is 5.20. The van der Waals surface area contributed by atoms with Gasteiger partial charge in [0, 0.05) is 12.4 Å². The van der Waals surface area contributed by atoms with Crippen molar-refractivity contribution in [2.24, 2.45) is 0 Å². The normalized spacial score (nSPS) is 15.9. The van der Waals surface area contributed by atoms with Crippen LogP contribution in [-0.2, 0) is 0 Å². The lowest BCUT2D eigenvalue weighted by atomic mass is 10.2. The van der Waals surface area contributed by atoms with E-state index >= 15 is 0 Å². The monoisotopic (exact) mass is 154 g/mol. The molecule has 0 aromatic carbocycles. The molecule has 0 fully saturated rings. The van der Waals surface area contributed by atoms with Crippen LogP contribution >= 0.6 is 0 Å². The second-order valence-electron chi connectivity index (χ2n) is 2.75. The Morgan fingerprint density at radius 1 is 1.27 bits per heavy atom. The van der Waals surface area contributed by atoms with Crippen LogP contribution in [0, 0.1) is 0 Å². The average Bonchev–Trinajstić information content (AvgIpc) is 2.39. The first kappa shape index (κ1) is 8.14. The van der Waals surface area contributed by atoms with Gasteiger partial charge in [-0.05, 0) is 26.0 Å². The van der Waals surface area contributed by atoms with Crippen LogP contribution in [0.5, 0.6) is 0 Å². The lowest BCUT2D eigenvalue weighted by Crippen LogP contribution is -2.33. The standard InChI is InChI=1S/C8H14N2O/c1-7(8(2)11)9-10-5-3-4-6-10/h3-9,11H,1-2H3. The molecule has 0 amide bonds. The van der Waals surface area contributed by atoms with Gasteiger partial charge in [-0.1, -0.05) is 0 Å². The zero-order chi connectivity index (χ0) is 8.27. The van der Waals surface area contributed by atoms with Crippen molar-refractivity contribution >= 4 is 0 Å². The van der Waals surface area contributed by atoms with E-state index in [9.17, 15) is 0 Å². The first-order valence-corrected chi connectivity index (χ1v) is 3.77. The highest BCUT2D eigenvalue weighted by atomic mass is 16.3. The van der Waals surface area contributed by atoms with Gasteiger partial charge >= 0.3 is 0 Å². The largest absolute Gasteiger partial charge is 0.391 e. The highest BCUT2D eigenvalue weighted by molar-refractivity contribution is 4.95. The van der Waals surface area contributed by atoms with Crippen LogP contribution in [-0.4, -0.2) is 21.9 Å². The van der Waals surface area contributed by atoms with Gasteiger partial charge in [0.05, 0.1) is 12.1 Å². The number of aromatic nitrogens is 1. The summed E-state index contributed by atoms with van der Waals surface area (Å²) in [6.45, 7) is 3.70. The molecule has 2 N–H and O–H groups in total. The molecular formula is C8H14N2O. The van der Waals surface area contributed by atoms with Crippen LogP contribution in [0.25, 0.3) is 0 Å². The van der Waals surface area contributed by atoms with Crippen molar-refractivity contribution in [3.8, 4) is 0 Å².